The lowest BCUT2D eigenvalue weighted by Gasteiger charge is -2.25. The molecular formula is C16H17ClN2O3. The smallest absolute Gasteiger partial charge is 0.271 e. The van der Waals surface area contributed by atoms with Gasteiger partial charge in [-0.2, -0.15) is 5.01 Å². The zero-order valence-corrected chi connectivity index (χ0v) is 13.0. The van der Waals surface area contributed by atoms with Crippen LogP contribution in [-0.4, -0.2) is 22.7 Å². The third kappa shape index (κ3) is 2.50. The van der Waals surface area contributed by atoms with Crippen molar-refractivity contribution in [2.75, 3.05) is 0 Å². The van der Waals surface area contributed by atoms with Crippen LogP contribution in [0.25, 0.3) is 0 Å². The molecule has 6 heteroatoms. The van der Waals surface area contributed by atoms with E-state index < -0.39 is 5.91 Å². The Bertz CT molecular complexity index is 646. The Morgan fingerprint density at radius 1 is 1.18 bits per heavy atom. The topological polar surface area (TPSA) is 66.5 Å². The number of nitrogens with one attached hydrogen (secondary N) is 1. The largest absolute Gasteiger partial charge is 0.272 e. The summed E-state index contributed by atoms with van der Waals surface area (Å²) in [5.74, 6) is -1.32. The Kier molecular flexibility index (Phi) is 3.91. The van der Waals surface area contributed by atoms with Crippen molar-refractivity contribution in [2.24, 2.45) is 17.8 Å². The number of hydrogen-bond acceptors (Lipinski definition) is 3. The minimum atomic E-state index is -0.543. The summed E-state index contributed by atoms with van der Waals surface area (Å²) < 4.78 is 0. The number of carbonyl (C=O) groups is 3. The zero-order chi connectivity index (χ0) is 15.9. The van der Waals surface area contributed by atoms with E-state index in [9.17, 15) is 14.4 Å². The van der Waals surface area contributed by atoms with Crippen LogP contribution in [0.5, 0.6) is 0 Å². The highest BCUT2D eigenvalue weighted by Crippen LogP contribution is 2.39. The van der Waals surface area contributed by atoms with Gasteiger partial charge in [0.1, 0.15) is 0 Å². The summed E-state index contributed by atoms with van der Waals surface area (Å²) in [5, 5.41) is 1.17. The first-order chi connectivity index (χ1) is 10.5. The summed E-state index contributed by atoms with van der Waals surface area (Å²) in [6, 6.07) is 6.53. The van der Waals surface area contributed by atoms with Gasteiger partial charge >= 0.3 is 0 Å². The quantitative estimate of drug-likeness (QED) is 0.851. The monoisotopic (exact) mass is 320 g/mol. The van der Waals surface area contributed by atoms with Crippen molar-refractivity contribution in [3.05, 3.63) is 34.9 Å². The fourth-order valence-electron chi connectivity index (χ4n) is 3.31. The highest BCUT2D eigenvalue weighted by atomic mass is 35.5. The number of hydrazine groups is 1. The molecular weight excluding hydrogens is 304 g/mol. The Balaban J connectivity index is 1.78. The van der Waals surface area contributed by atoms with Crippen molar-refractivity contribution in [3.63, 3.8) is 0 Å². The number of benzene rings is 1. The summed E-state index contributed by atoms with van der Waals surface area (Å²) in [7, 11) is 0. The molecule has 1 aliphatic carbocycles. The minimum Gasteiger partial charge on any atom is -0.272 e. The van der Waals surface area contributed by atoms with Crippen LogP contribution >= 0.6 is 11.6 Å². The van der Waals surface area contributed by atoms with E-state index in [-0.39, 0.29) is 34.2 Å². The maximum atomic E-state index is 12.4. The first-order valence-electron chi connectivity index (χ1n) is 7.42. The van der Waals surface area contributed by atoms with Gasteiger partial charge in [-0.15, -0.1) is 0 Å². The Hall–Kier alpha value is -1.88. The van der Waals surface area contributed by atoms with E-state index in [0.29, 0.717) is 18.8 Å². The van der Waals surface area contributed by atoms with Gasteiger partial charge in [-0.05, 0) is 37.3 Å². The standard InChI is InChI=1S/C16H17ClN2O3/c1-9-6-7-10-12(8-9)16(22)19(15(10)21)18-14(20)11-4-2-3-5-13(11)17/h2-5,9-10,12H,6-8H2,1H3,(H,18,20)/t9-,10+,12+/m1/s1. The van der Waals surface area contributed by atoms with Gasteiger partial charge in [0.05, 0.1) is 22.4 Å². The molecule has 116 valence electrons. The lowest BCUT2D eigenvalue weighted by atomic mass is 9.76. The van der Waals surface area contributed by atoms with Gasteiger partial charge in [-0.3, -0.25) is 19.8 Å². The lowest BCUT2D eigenvalue weighted by Crippen LogP contribution is -2.46. The molecule has 0 unspecified atom stereocenters. The van der Waals surface area contributed by atoms with Gasteiger partial charge in [0.15, 0.2) is 0 Å². The van der Waals surface area contributed by atoms with E-state index in [2.05, 4.69) is 12.3 Å². The first-order valence-corrected chi connectivity index (χ1v) is 7.80. The molecule has 0 bridgehead atoms. The van der Waals surface area contributed by atoms with Crippen LogP contribution in [-0.2, 0) is 9.59 Å². The first kappa shape index (κ1) is 15.0. The molecule has 1 aromatic rings. The van der Waals surface area contributed by atoms with E-state index in [0.717, 1.165) is 11.4 Å². The van der Waals surface area contributed by atoms with Crippen molar-refractivity contribution in [2.45, 2.75) is 26.2 Å². The SMILES string of the molecule is C[C@@H]1CC[C@@H]2C(=O)N(NC(=O)c3ccccc3Cl)C(=O)[C@H]2C1. The Morgan fingerprint density at radius 2 is 1.86 bits per heavy atom. The van der Waals surface area contributed by atoms with E-state index in [1.807, 2.05) is 0 Å². The highest BCUT2D eigenvalue weighted by molar-refractivity contribution is 6.33. The third-order valence-electron chi connectivity index (χ3n) is 4.52. The number of fused-ring (bicyclic) bond motifs is 1. The van der Waals surface area contributed by atoms with E-state index in [4.69, 9.17) is 11.6 Å². The molecule has 3 amide bonds. The number of imide groups is 1. The number of halogens is 1. The van der Waals surface area contributed by atoms with Gasteiger partial charge in [0.25, 0.3) is 17.7 Å². The second-order valence-corrected chi connectivity index (χ2v) is 6.47. The molecule has 3 rings (SSSR count). The number of hydrogen-bond donors (Lipinski definition) is 1. The van der Waals surface area contributed by atoms with E-state index in [1.165, 1.54) is 0 Å². The molecule has 1 saturated carbocycles. The van der Waals surface area contributed by atoms with Crippen LogP contribution in [0.3, 0.4) is 0 Å². The Labute approximate surface area is 133 Å². The molecule has 1 saturated heterocycles. The summed E-state index contributed by atoms with van der Waals surface area (Å²) in [4.78, 5) is 37.0. The maximum absolute atomic E-state index is 12.4. The van der Waals surface area contributed by atoms with Crippen LogP contribution in [0.15, 0.2) is 24.3 Å². The molecule has 2 fully saturated rings. The minimum absolute atomic E-state index is 0.244. The summed E-state index contributed by atoms with van der Waals surface area (Å²) in [6.45, 7) is 2.08. The average molecular weight is 321 g/mol. The summed E-state index contributed by atoms with van der Waals surface area (Å²) >= 11 is 5.97. The summed E-state index contributed by atoms with van der Waals surface area (Å²) in [6.07, 6.45) is 2.34. The molecule has 1 aromatic carbocycles. The second kappa shape index (κ2) is 5.72. The van der Waals surface area contributed by atoms with Gasteiger partial charge in [-0.1, -0.05) is 30.7 Å². The number of amides is 3. The molecule has 1 N–H and O–H groups in total. The molecule has 0 spiro atoms. The molecule has 3 atom stereocenters. The zero-order valence-electron chi connectivity index (χ0n) is 12.2. The molecule has 0 radical (unpaired) electrons. The number of rotatable bonds is 2. The predicted octanol–water partition coefficient (Wildman–Crippen LogP) is 2.41. The van der Waals surface area contributed by atoms with E-state index >= 15 is 0 Å². The second-order valence-electron chi connectivity index (χ2n) is 6.06. The van der Waals surface area contributed by atoms with Crippen molar-refractivity contribution in [1.29, 1.82) is 0 Å². The van der Waals surface area contributed by atoms with Gasteiger partial charge in [-0.25, -0.2) is 0 Å². The molecule has 5 nitrogen and oxygen atoms in total. The Morgan fingerprint density at radius 3 is 2.59 bits per heavy atom. The van der Waals surface area contributed by atoms with Gasteiger partial charge in [0.2, 0.25) is 0 Å². The van der Waals surface area contributed by atoms with E-state index in [1.54, 1.807) is 24.3 Å². The summed E-state index contributed by atoms with van der Waals surface area (Å²) in [5.41, 5.74) is 2.66. The van der Waals surface area contributed by atoms with Crippen LogP contribution in [0.1, 0.15) is 36.5 Å². The maximum Gasteiger partial charge on any atom is 0.271 e. The molecule has 1 heterocycles. The number of carbonyl (C=O) groups excluding carboxylic acids is 3. The van der Waals surface area contributed by atoms with Gasteiger partial charge in [0, 0.05) is 0 Å². The highest BCUT2D eigenvalue weighted by Gasteiger charge is 2.50. The predicted molar refractivity (Wildman–Crippen MR) is 80.8 cm³/mol. The third-order valence-corrected chi connectivity index (χ3v) is 4.85. The van der Waals surface area contributed by atoms with Gasteiger partial charge < -0.3 is 0 Å². The molecule has 1 aliphatic heterocycles. The average Bonchev–Trinajstić information content (AvgIpc) is 2.72. The fourth-order valence-corrected chi connectivity index (χ4v) is 3.53. The van der Waals surface area contributed by atoms with Crippen LogP contribution in [0.2, 0.25) is 5.02 Å². The van der Waals surface area contributed by atoms with Crippen molar-refractivity contribution in [3.8, 4) is 0 Å². The van der Waals surface area contributed by atoms with Crippen molar-refractivity contribution >= 4 is 29.3 Å². The van der Waals surface area contributed by atoms with Crippen LogP contribution in [0, 0.1) is 17.8 Å². The molecule has 2 aliphatic rings. The van der Waals surface area contributed by atoms with Crippen LogP contribution in [0.4, 0.5) is 0 Å². The number of nitrogens with zero attached hydrogens (tertiary/aromatic N) is 1. The van der Waals surface area contributed by atoms with Crippen LogP contribution < -0.4 is 5.43 Å². The molecule has 22 heavy (non-hydrogen) atoms. The lowest BCUT2D eigenvalue weighted by molar-refractivity contribution is -0.142. The molecule has 0 aromatic heterocycles. The fraction of sp³-hybridized carbons (Fsp3) is 0.438. The van der Waals surface area contributed by atoms with Crippen molar-refractivity contribution < 1.29 is 14.4 Å². The normalized spacial score (nSPS) is 27.7. The van der Waals surface area contributed by atoms with Crippen molar-refractivity contribution in [1.82, 2.24) is 10.4 Å².